The van der Waals surface area contributed by atoms with Crippen LogP contribution in [0, 0.1) is 0 Å². The highest BCUT2D eigenvalue weighted by atomic mass is 32.1. The highest BCUT2D eigenvalue weighted by Gasteiger charge is 2.18. The average molecular weight is 320 g/mol. The quantitative estimate of drug-likeness (QED) is 0.857. The lowest BCUT2D eigenvalue weighted by Crippen LogP contribution is -2.31. The maximum Gasteiger partial charge on any atom is 0.408 e. The summed E-state index contributed by atoms with van der Waals surface area (Å²) in [7, 11) is 0. The number of nitrogens with one attached hydrogen (secondary N) is 1. The zero-order chi connectivity index (χ0) is 15.9. The smallest absolute Gasteiger partial charge is 0.408 e. The van der Waals surface area contributed by atoms with Gasteiger partial charge < -0.3 is 15.2 Å². The second-order valence-corrected chi connectivity index (χ2v) is 6.10. The molecule has 2 rings (SSSR count). The topological polar surface area (TPSA) is 71.5 Å². The van der Waals surface area contributed by atoms with E-state index >= 15 is 0 Å². The van der Waals surface area contributed by atoms with Gasteiger partial charge in [-0.05, 0) is 5.56 Å². The molecule has 0 saturated heterocycles. The Morgan fingerprint density at radius 2 is 2.09 bits per heavy atom. The first-order chi connectivity index (χ1) is 10.6. The maximum atomic E-state index is 11.8. The van der Waals surface area contributed by atoms with Crippen LogP contribution in [0.4, 0.5) is 4.79 Å². The van der Waals surface area contributed by atoms with Crippen molar-refractivity contribution in [3.8, 4) is 0 Å². The Hall–Kier alpha value is -1.92. The molecule has 1 aromatic carbocycles. The fraction of sp³-hybridized carbons (Fsp3) is 0.375. The van der Waals surface area contributed by atoms with Crippen molar-refractivity contribution in [1.82, 2.24) is 10.3 Å². The molecule has 6 heteroatoms. The molecule has 0 radical (unpaired) electrons. The molecule has 1 amide bonds. The van der Waals surface area contributed by atoms with E-state index in [1.165, 1.54) is 11.3 Å². The third kappa shape index (κ3) is 4.54. The second kappa shape index (κ2) is 7.91. The number of aliphatic hydroxyl groups is 1. The molecule has 0 spiro atoms. The van der Waals surface area contributed by atoms with Gasteiger partial charge in [0.15, 0.2) is 0 Å². The van der Waals surface area contributed by atoms with Gasteiger partial charge in [-0.2, -0.15) is 0 Å². The highest BCUT2D eigenvalue weighted by molar-refractivity contribution is 7.09. The molecule has 0 aliphatic carbocycles. The van der Waals surface area contributed by atoms with Crippen molar-refractivity contribution in [1.29, 1.82) is 0 Å². The predicted octanol–water partition coefficient (Wildman–Crippen LogP) is 3.23. The molecule has 0 aliphatic rings. The summed E-state index contributed by atoms with van der Waals surface area (Å²) in [5, 5.41) is 14.9. The number of thiazole rings is 1. The Balaban J connectivity index is 1.90. The van der Waals surface area contributed by atoms with Crippen molar-refractivity contribution >= 4 is 17.4 Å². The zero-order valence-corrected chi connectivity index (χ0v) is 13.5. The predicted molar refractivity (Wildman–Crippen MR) is 85.8 cm³/mol. The summed E-state index contributed by atoms with van der Waals surface area (Å²) in [6.45, 7) is 4.08. The fourth-order valence-corrected chi connectivity index (χ4v) is 2.73. The summed E-state index contributed by atoms with van der Waals surface area (Å²) < 4.78 is 5.15. The van der Waals surface area contributed by atoms with E-state index in [2.05, 4.69) is 24.1 Å². The molecule has 5 nitrogen and oxygen atoms in total. The number of hydrogen-bond donors (Lipinski definition) is 2. The van der Waals surface area contributed by atoms with Crippen LogP contribution in [0.3, 0.4) is 0 Å². The zero-order valence-electron chi connectivity index (χ0n) is 12.7. The molecule has 1 aromatic heterocycles. The Bertz CT molecular complexity index is 598. The third-order valence-electron chi connectivity index (χ3n) is 3.08. The van der Waals surface area contributed by atoms with Gasteiger partial charge in [-0.3, -0.25) is 0 Å². The van der Waals surface area contributed by atoms with Crippen molar-refractivity contribution in [2.24, 2.45) is 0 Å². The summed E-state index contributed by atoms with van der Waals surface area (Å²) >= 11 is 1.52. The van der Waals surface area contributed by atoms with E-state index in [1.54, 1.807) is 0 Å². The molecular formula is C16H20N2O3S. The van der Waals surface area contributed by atoms with E-state index in [1.807, 2.05) is 35.7 Å². The number of carbonyl (C=O) groups excluding carboxylic acids is 1. The lowest BCUT2D eigenvalue weighted by molar-refractivity contribution is 0.129. The van der Waals surface area contributed by atoms with Crippen LogP contribution in [0.1, 0.15) is 42.1 Å². The van der Waals surface area contributed by atoms with E-state index in [9.17, 15) is 9.90 Å². The summed E-state index contributed by atoms with van der Waals surface area (Å²) in [5.74, 6) is 0.322. The Kier molecular flexibility index (Phi) is 5.91. The number of rotatable bonds is 6. The van der Waals surface area contributed by atoms with Gasteiger partial charge in [0.2, 0.25) is 0 Å². The maximum absolute atomic E-state index is 11.8. The summed E-state index contributed by atoms with van der Waals surface area (Å²) in [4.78, 5) is 16.3. The van der Waals surface area contributed by atoms with Crippen LogP contribution in [-0.2, 0) is 11.3 Å². The molecule has 1 heterocycles. The molecule has 22 heavy (non-hydrogen) atoms. The standard InChI is InChI=1S/C16H20N2O3S/c1-11(2)15-17-14(10-22-15)13(8-19)18-16(20)21-9-12-6-4-3-5-7-12/h3-7,10-11,13,19H,8-9H2,1-2H3,(H,18,20). The van der Waals surface area contributed by atoms with E-state index < -0.39 is 12.1 Å². The SMILES string of the molecule is CC(C)c1nc(C(CO)NC(=O)OCc2ccccc2)cs1. The Morgan fingerprint density at radius 1 is 1.36 bits per heavy atom. The van der Waals surface area contributed by atoms with Gasteiger partial charge >= 0.3 is 6.09 Å². The first kappa shape index (κ1) is 16.5. The molecule has 0 saturated carbocycles. The van der Waals surface area contributed by atoms with E-state index in [4.69, 9.17) is 4.74 Å². The van der Waals surface area contributed by atoms with E-state index in [0.29, 0.717) is 11.6 Å². The molecular weight excluding hydrogens is 300 g/mol. The lowest BCUT2D eigenvalue weighted by Gasteiger charge is -2.14. The fourth-order valence-electron chi connectivity index (χ4n) is 1.85. The monoisotopic (exact) mass is 320 g/mol. The molecule has 118 valence electrons. The van der Waals surface area contributed by atoms with Crippen LogP contribution >= 0.6 is 11.3 Å². The summed E-state index contributed by atoms with van der Waals surface area (Å²) in [5.41, 5.74) is 1.57. The minimum Gasteiger partial charge on any atom is -0.445 e. The normalized spacial score (nSPS) is 12.2. The van der Waals surface area contributed by atoms with Gasteiger partial charge in [0.05, 0.1) is 23.4 Å². The first-order valence-corrected chi connectivity index (χ1v) is 8.01. The number of aromatic nitrogens is 1. The van der Waals surface area contributed by atoms with Gasteiger partial charge in [0.25, 0.3) is 0 Å². The number of alkyl carbamates (subject to hydrolysis) is 1. The van der Waals surface area contributed by atoms with Crippen molar-refractivity contribution in [3.05, 3.63) is 52.0 Å². The highest BCUT2D eigenvalue weighted by Crippen LogP contribution is 2.22. The Morgan fingerprint density at radius 3 is 2.68 bits per heavy atom. The van der Waals surface area contributed by atoms with Gasteiger partial charge in [0.1, 0.15) is 6.61 Å². The molecule has 2 N–H and O–H groups in total. The van der Waals surface area contributed by atoms with E-state index in [-0.39, 0.29) is 13.2 Å². The van der Waals surface area contributed by atoms with Crippen molar-refractivity contribution in [3.63, 3.8) is 0 Å². The number of carbonyl (C=O) groups is 1. The number of nitrogens with zero attached hydrogens (tertiary/aromatic N) is 1. The number of amides is 1. The first-order valence-electron chi connectivity index (χ1n) is 7.13. The van der Waals surface area contributed by atoms with Crippen molar-refractivity contribution < 1.29 is 14.6 Å². The number of aliphatic hydroxyl groups excluding tert-OH is 1. The summed E-state index contributed by atoms with van der Waals surface area (Å²) in [6.07, 6.45) is -0.568. The molecule has 2 aromatic rings. The van der Waals surface area contributed by atoms with Crippen LogP contribution in [0.25, 0.3) is 0 Å². The third-order valence-corrected chi connectivity index (χ3v) is 4.24. The average Bonchev–Trinajstić information content (AvgIpc) is 3.01. The molecule has 0 aliphatic heterocycles. The van der Waals surface area contributed by atoms with Crippen LogP contribution in [-0.4, -0.2) is 22.8 Å². The molecule has 0 fully saturated rings. The number of benzene rings is 1. The summed E-state index contributed by atoms with van der Waals surface area (Å²) in [6, 6.07) is 8.89. The number of hydrogen-bond acceptors (Lipinski definition) is 5. The van der Waals surface area contributed by atoms with Crippen molar-refractivity contribution in [2.45, 2.75) is 32.4 Å². The molecule has 1 unspecified atom stereocenters. The van der Waals surface area contributed by atoms with Crippen LogP contribution in [0.15, 0.2) is 35.7 Å². The molecule has 0 bridgehead atoms. The van der Waals surface area contributed by atoms with Gasteiger partial charge in [-0.25, -0.2) is 9.78 Å². The molecule has 1 atom stereocenters. The number of ether oxygens (including phenoxy) is 1. The van der Waals surface area contributed by atoms with Gasteiger partial charge in [-0.15, -0.1) is 11.3 Å². The van der Waals surface area contributed by atoms with Crippen LogP contribution in [0.5, 0.6) is 0 Å². The Labute approximate surface area is 134 Å². The minimum atomic E-state index is -0.568. The minimum absolute atomic E-state index is 0.194. The van der Waals surface area contributed by atoms with Gasteiger partial charge in [-0.1, -0.05) is 44.2 Å². The van der Waals surface area contributed by atoms with E-state index in [0.717, 1.165) is 10.6 Å². The van der Waals surface area contributed by atoms with Crippen LogP contribution < -0.4 is 5.32 Å². The second-order valence-electron chi connectivity index (χ2n) is 5.21. The van der Waals surface area contributed by atoms with Crippen LogP contribution in [0.2, 0.25) is 0 Å². The lowest BCUT2D eigenvalue weighted by atomic mass is 10.2. The van der Waals surface area contributed by atoms with Gasteiger partial charge in [0, 0.05) is 11.3 Å². The van der Waals surface area contributed by atoms with Crippen molar-refractivity contribution in [2.75, 3.05) is 6.61 Å². The largest absolute Gasteiger partial charge is 0.445 e.